The van der Waals surface area contributed by atoms with E-state index in [1.807, 2.05) is 6.07 Å². The van der Waals surface area contributed by atoms with Crippen LogP contribution < -0.4 is 0 Å². The standard InChI is InChI=1S/C55H35N5/c1-3-15-36(16-4-1)47-35-48(58-55(57-47)39-31-33-41(34-32-39)59-49-24-12-8-19-42(49)43-20-9-13-25-50(43)59)37-27-29-38(30-28-37)53-52-45-22-10-14-26-51(45)60(40-17-5-2-6-18-40)54(52)44-21-7-11-23-46(44)56-53/h1-35H. The van der Waals surface area contributed by atoms with Crippen LogP contribution in [0.25, 0.3) is 111 Å². The summed E-state index contributed by atoms with van der Waals surface area (Å²) < 4.78 is 4.72. The molecule has 0 bridgehead atoms. The van der Waals surface area contributed by atoms with E-state index in [-0.39, 0.29) is 0 Å². The lowest BCUT2D eigenvalue weighted by molar-refractivity contribution is 1.16. The van der Waals surface area contributed by atoms with Crippen molar-refractivity contribution in [2.45, 2.75) is 0 Å². The first-order valence-electron chi connectivity index (χ1n) is 20.3. The molecule has 0 radical (unpaired) electrons. The molecule has 0 N–H and O–H groups in total. The quantitative estimate of drug-likeness (QED) is 0.169. The van der Waals surface area contributed by atoms with Gasteiger partial charge in [0.05, 0.1) is 44.7 Å². The van der Waals surface area contributed by atoms with Gasteiger partial charge in [0, 0.05) is 60.6 Å². The molecule has 0 saturated heterocycles. The van der Waals surface area contributed by atoms with Crippen LogP contribution in [0.3, 0.4) is 0 Å². The van der Waals surface area contributed by atoms with Crippen LogP contribution in [0.2, 0.25) is 0 Å². The zero-order chi connectivity index (χ0) is 39.6. The summed E-state index contributed by atoms with van der Waals surface area (Å²) in [5.74, 6) is 0.677. The van der Waals surface area contributed by atoms with Crippen LogP contribution in [0.15, 0.2) is 212 Å². The fourth-order valence-electron chi connectivity index (χ4n) is 8.98. The normalized spacial score (nSPS) is 11.7. The van der Waals surface area contributed by atoms with Gasteiger partial charge < -0.3 is 9.13 Å². The minimum Gasteiger partial charge on any atom is -0.309 e. The molecule has 280 valence electrons. The largest absolute Gasteiger partial charge is 0.309 e. The van der Waals surface area contributed by atoms with E-state index in [1.165, 1.54) is 27.2 Å². The minimum absolute atomic E-state index is 0.677. The summed E-state index contributed by atoms with van der Waals surface area (Å²) in [6.45, 7) is 0. The summed E-state index contributed by atoms with van der Waals surface area (Å²) in [6.07, 6.45) is 0. The summed E-state index contributed by atoms with van der Waals surface area (Å²) in [4.78, 5) is 15.7. The van der Waals surface area contributed by atoms with Crippen molar-refractivity contribution < 1.29 is 0 Å². The van der Waals surface area contributed by atoms with Crippen LogP contribution in [0.5, 0.6) is 0 Å². The minimum atomic E-state index is 0.677. The first kappa shape index (κ1) is 33.9. The van der Waals surface area contributed by atoms with Gasteiger partial charge in [-0.3, -0.25) is 0 Å². The van der Waals surface area contributed by atoms with Crippen molar-refractivity contribution in [2.24, 2.45) is 0 Å². The third-order valence-corrected chi connectivity index (χ3v) is 11.7. The molecule has 4 aromatic heterocycles. The Morgan fingerprint density at radius 3 is 1.43 bits per heavy atom. The maximum absolute atomic E-state index is 5.36. The predicted molar refractivity (Wildman–Crippen MR) is 248 cm³/mol. The zero-order valence-electron chi connectivity index (χ0n) is 32.4. The number of pyridine rings is 1. The van der Waals surface area contributed by atoms with E-state index in [1.54, 1.807) is 0 Å². The smallest absolute Gasteiger partial charge is 0.160 e. The molecule has 12 aromatic rings. The lowest BCUT2D eigenvalue weighted by Gasteiger charge is -2.13. The van der Waals surface area contributed by atoms with Crippen molar-refractivity contribution in [2.75, 3.05) is 0 Å². The first-order chi connectivity index (χ1) is 29.8. The average molecular weight is 766 g/mol. The molecule has 0 atom stereocenters. The highest BCUT2D eigenvalue weighted by atomic mass is 15.0. The molecular formula is C55H35N5. The van der Waals surface area contributed by atoms with Crippen LogP contribution in [-0.2, 0) is 0 Å². The molecule has 60 heavy (non-hydrogen) atoms. The van der Waals surface area contributed by atoms with E-state index in [4.69, 9.17) is 15.0 Å². The van der Waals surface area contributed by atoms with Crippen LogP contribution in [0, 0.1) is 0 Å². The molecule has 0 aliphatic carbocycles. The van der Waals surface area contributed by atoms with Crippen molar-refractivity contribution in [3.05, 3.63) is 212 Å². The van der Waals surface area contributed by atoms with Gasteiger partial charge in [-0.05, 0) is 66.7 Å². The fraction of sp³-hybridized carbons (Fsp3) is 0. The van der Waals surface area contributed by atoms with Gasteiger partial charge in [0.2, 0.25) is 0 Å². The molecule has 5 heteroatoms. The topological polar surface area (TPSA) is 48.5 Å². The first-order valence-corrected chi connectivity index (χ1v) is 20.3. The van der Waals surface area contributed by atoms with Crippen LogP contribution in [0.1, 0.15) is 0 Å². The second-order valence-electron chi connectivity index (χ2n) is 15.2. The monoisotopic (exact) mass is 765 g/mol. The van der Waals surface area contributed by atoms with Crippen molar-refractivity contribution >= 4 is 54.5 Å². The summed E-state index contributed by atoms with van der Waals surface area (Å²) >= 11 is 0. The van der Waals surface area contributed by atoms with Gasteiger partial charge in [-0.25, -0.2) is 15.0 Å². The Bertz CT molecular complexity index is 3510. The molecule has 5 nitrogen and oxygen atoms in total. The van der Waals surface area contributed by atoms with E-state index >= 15 is 0 Å². The Kier molecular flexibility index (Phi) is 7.78. The van der Waals surface area contributed by atoms with Gasteiger partial charge in [0.25, 0.3) is 0 Å². The highest BCUT2D eigenvalue weighted by Crippen LogP contribution is 2.42. The van der Waals surface area contributed by atoms with Crippen LogP contribution in [-0.4, -0.2) is 24.1 Å². The Balaban J connectivity index is 0.986. The highest BCUT2D eigenvalue weighted by molar-refractivity contribution is 6.22. The van der Waals surface area contributed by atoms with Gasteiger partial charge in [0.1, 0.15) is 0 Å². The Labute approximate surface area is 346 Å². The van der Waals surface area contributed by atoms with Crippen LogP contribution >= 0.6 is 0 Å². The summed E-state index contributed by atoms with van der Waals surface area (Å²) in [7, 11) is 0. The molecule has 0 unspecified atom stereocenters. The third kappa shape index (κ3) is 5.44. The maximum atomic E-state index is 5.36. The summed E-state index contributed by atoms with van der Waals surface area (Å²) in [5.41, 5.74) is 14.6. The molecule has 0 fully saturated rings. The number of aromatic nitrogens is 5. The lowest BCUT2D eigenvalue weighted by atomic mass is 10.00. The SMILES string of the molecule is c1ccc(-c2cc(-c3ccc(-c4nc5ccccc5c5c4c4ccccc4n5-c4ccccc4)cc3)nc(-c3ccc(-n4c5ccccc5c5ccccc54)cc3)n2)cc1. The third-order valence-electron chi connectivity index (χ3n) is 11.7. The molecule has 0 aliphatic heterocycles. The van der Waals surface area contributed by atoms with E-state index in [0.717, 1.165) is 78.0 Å². The molecule has 8 aromatic carbocycles. The Morgan fingerprint density at radius 2 is 0.783 bits per heavy atom. The van der Waals surface area contributed by atoms with Gasteiger partial charge in [0.15, 0.2) is 5.82 Å². The number of para-hydroxylation sites is 5. The molecule has 4 heterocycles. The number of nitrogens with zero attached hydrogens (tertiary/aromatic N) is 5. The van der Waals surface area contributed by atoms with Gasteiger partial charge in [-0.15, -0.1) is 0 Å². The van der Waals surface area contributed by atoms with Crippen molar-refractivity contribution in [1.82, 2.24) is 24.1 Å². The zero-order valence-corrected chi connectivity index (χ0v) is 32.4. The maximum Gasteiger partial charge on any atom is 0.160 e. The molecule has 12 rings (SSSR count). The summed E-state index contributed by atoms with van der Waals surface area (Å²) in [5, 5.41) is 5.92. The van der Waals surface area contributed by atoms with E-state index in [2.05, 4.69) is 215 Å². The lowest BCUT2D eigenvalue weighted by Crippen LogP contribution is -1.97. The predicted octanol–water partition coefficient (Wildman–Crippen LogP) is 13.9. The molecule has 0 spiro atoms. The number of fused-ring (bicyclic) bond motifs is 8. The van der Waals surface area contributed by atoms with Gasteiger partial charge in [-0.2, -0.15) is 0 Å². The average Bonchev–Trinajstić information content (AvgIpc) is 3.86. The molecule has 0 amide bonds. The van der Waals surface area contributed by atoms with E-state index in [0.29, 0.717) is 5.82 Å². The van der Waals surface area contributed by atoms with Gasteiger partial charge >= 0.3 is 0 Å². The van der Waals surface area contributed by atoms with E-state index < -0.39 is 0 Å². The van der Waals surface area contributed by atoms with Crippen molar-refractivity contribution in [3.8, 4) is 56.5 Å². The number of hydrogen-bond acceptors (Lipinski definition) is 3. The number of hydrogen-bond donors (Lipinski definition) is 0. The Hall–Kier alpha value is -8.15. The van der Waals surface area contributed by atoms with Crippen LogP contribution in [0.4, 0.5) is 0 Å². The van der Waals surface area contributed by atoms with E-state index in [9.17, 15) is 0 Å². The van der Waals surface area contributed by atoms with Crippen molar-refractivity contribution in [3.63, 3.8) is 0 Å². The molecule has 0 aliphatic rings. The second-order valence-corrected chi connectivity index (χ2v) is 15.2. The number of rotatable bonds is 6. The highest BCUT2D eigenvalue weighted by Gasteiger charge is 2.21. The molecule has 0 saturated carbocycles. The van der Waals surface area contributed by atoms with Crippen molar-refractivity contribution in [1.29, 1.82) is 0 Å². The fourth-order valence-corrected chi connectivity index (χ4v) is 8.98. The second kappa shape index (κ2) is 13.8. The molecular weight excluding hydrogens is 731 g/mol. The Morgan fingerprint density at radius 1 is 0.317 bits per heavy atom. The summed E-state index contributed by atoms with van der Waals surface area (Å²) in [6, 6.07) is 74.7. The number of benzene rings is 8. The van der Waals surface area contributed by atoms with Gasteiger partial charge in [-0.1, -0.05) is 146 Å².